The van der Waals surface area contributed by atoms with E-state index in [4.69, 9.17) is 47.4 Å². The van der Waals surface area contributed by atoms with Crippen LogP contribution in [0, 0.1) is 100 Å². The summed E-state index contributed by atoms with van der Waals surface area (Å²) in [5, 5.41) is 186. The molecule has 15 aliphatic rings. The fourth-order valence-corrected chi connectivity index (χ4v) is 28.2. The van der Waals surface area contributed by atoms with Gasteiger partial charge in [0.25, 0.3) is 0 Å². The van der Waals surface area contributed by atoms with E-state index in [1.165, 1.54) is 12.5 Å². The molecule has 17 N–H and O–H groups in total. The van der Waals surface area contributed by atoms with E-state index in [1.807, 2.05) is 0 Å². The summed E-state index contributed by atoms with van der Waals surface area (Å²) in [5.41, 5.74) is -1.98. The predicted octanol–water partition coefficient (Wildman–Crippen LogP) is 4.30. The lowest BCUT2D eigenvalue weighted by atomic mass is 9.33. The molecule has 29 heteroatoms. The van der Waals surface area contributed by atoms with Crippen molar-refractivity contribution in [2.75, 3.05) is 19.8 Å². The fourth-order valence-electron chi connectivity index (χ4n) is 28.2. The molecule has 668 valence electrons. The summed E-state index contributed by atoms with van der Waals surface area (Å²) in [6.07, 6.45) is -19.9. The molecule has 0 aromatic carbocycles. The maximum Gasteiger partial charge on any atom is 0.317 e. The first-order valence-electron chi connectivity index (χ1n) is 43.8. The van der Waals surface area contributed by atoms with Crippen LogP contribution in [-0.4, -0.2) is 284 Å². The number of ether oxygens (including phenoxy) is 10. The molecule has 5 saturated heterocycles. The van der Waals surface area contributed by atoms with Crippen molar-refractivity contribution in [1.29, 1.82) is 0 Å². The second-order valence-corrected chi connectivity index (χ2v) is 43.4. The molecule has 0 aromatic heterocycles. The Morgan fingerprint density at radius 1 is 0.410 bits per heavy atom. The van der Waals surface area contributed by atoms with Crippen molar-refractivity contribution < 1.29 is 144 Å². The normalized spacial score (nSPS) is 54.6. The number of carboxylic acid groups (broad SMARTS) is 1. The molecule has 0 radical (unpaired) electrons. The zero-order valence-corrected chi connectivity index (χ0v) is 71.6. The topological polar surface area (TPSA) is 470 Å². The van der Waals surface area contributed by atoms with Gasteiger partial charge in [0, 0.05) is 0 Å². The molecule has 5 heterocycles. The highest BCUT2D eigenvalue weighted by molar-refractivity contribution is 5.80. The van der Waals surface area contributed by atoms with E-state index < -0.39 is 212 Å². The molecule has 29 nitrogen and oxygen atoms in total. The van der Waals surface area contributed by atoms with Crippen LogP contribution in [0.5, 0.6) is 0 Å². The van der Waals surface area contributed by atoms with Crippen molar-refractivity contribution in [3.63, 3.8) is 0 Å². The van der Waals surface area contributed by atoms with Crippen LogP contribution in [0.3, 0.4) is 0 Å². The number of allylic oxidation sites excluding steroid dienone is 4. The fraction of sp³-hybridized carbons (Fsp3) is 0.932. The van der Waals surface area contributed by atoms with E-state index in [0.29, 0.717) is 50.4 Å². The Balaban J connectivity index is 0.000000274. The van der Waals surface area contributed by atoms with Crippen molar-refractivity contribution in [2.24, 2.45) is 100 Å². The lowest BCUT2D eigenvalue weighted by Gasteiger charge is -2.71. The van der Waals surface area contributed by atoms with Crippen molar-refractivity contribution in [2.45, 2.75) is 392 Å². The van der Waals surface area contributed by atoms with Crippen LogP contribution in [0.2, 0.25) is 0 Å². The molecule has 15 rings (SSSR count). The van der Waals surface area contributed by atoms with Gasteiger partial charge in [-0.15, -0.1) is 0 Å². The van der Waals surface area contributed by atoms with Crippen LogP contribution in [0.1, 0.15) is 226 Å². The summed E-state index contributed by atoms with van der Waals surface area (Å²) in [5.74, 6) is -0.913. The van der Waals surface area contributed by atoms with Gasteiger partial charge < -0.3 is 134 Å². The van der Waals surface area contributed by atoms with Crippen molar-refractivity contribution >= 4 is 11.9 Å². The number of aliphatic hydroxyl groups excluding tert-OH is 16. The minimum atomic E-state index is -1.93. The molecule has 5 aliphatic heterocycles. The third-order valence-corrected chi connectivity index (χ3v) is 35.7. The summed E-state index contributed by atoms with van der Waals surface area (Å²) < 4.78 is 59.6. The van der Waals surface area contributed by atoms with Crippen LogP contribution in [0.4, 0.5) is 0 Å². The van der Waals surface area contributed by atoms with Crippen molar-refractivity contribution in [3.8, 4) is 0 Å². The van der Waals surface area contributed by atoms with E-state index in [2.05, 4.69) is 109 Å². The quantitative estimate of drug-likeness (QED) is 0.0735. The Kier molecular flexibility index (Phi) is 24.4. The van der Waals surface area contributed by atoms with Crippen molar-refractivity contribution in [3.05, 3.63) is 23.3 Å². The molecule has 0 aromatic rings. The van der Waals surface area contributed by atoms with Gasteiger partial charge in [0.1, 0.15) is 102 Å². The summed E-state index contributed by atoms with van der Waals surface area (Å²) in [6.45, 7) is 33.6. The second-order valence-electron chi connectivity index (χ2n) is 43.4. The van der Waals surface area contributed by atoms with E-state index >= 15 is 4.79 Å². The van der Waals surface area contributed by atoms with Gasteiger partial charge in [0.05, 0.1) is 56.4 Å². The molecular formula is C88H142O29. The number of carbonyl (C=O) groups excluding carboxylic acids is 1. The number of carboxylic acids is 1. The summed E-state index contributed by atoms with van der Waals surface area (Å²) in [6, 6.07) is 0. The smallest absolute Gasteiger partial charge is 0.317 e. The van der Waals surface area contributed by atoms with Gasteiger partial charge in [-0.05, 0) is 219 Å². The van der Waals surface area contributed by atoms with Gasteiger partial charge in [-0.25, -0.2) is 0 Å². The highest BCUT2D eigenvalue weighted by Crippen LogP contribution is 2.79. The first-order chi connectivity index (χ1) is 54.3. The first-order valence-corrected chi connectivity index (χ1v) is 43.8. The van der Waals surface area contributed by atoms with Crippen LogP contribution >= 0.6 is 0 Å². The van der Waals surface area contributed by atoms with E-state index in [9.17, 15) is 91.6 Å². The van der Waals surface area contributed by atoms with Crippen LogP contribution in [-0.2, 0) is 57.0 Å². The van der Waals surface area contributed by atoms with E-state index in [-0.39, 0.29) is 86.6 Å². The van der Waals surface area contributed by atoms with Crippen LogP contribution in [0.25, 0.3) is 0 Å². The maximum atomic E-state index is 15.4. The van der Waals surface area contributed by atoms with Gasteiger partial charge in [-0.2, -0.15) is 0 Å². The predicted molar refractivity (Wildman–Crippen MR) is 416 cm³/mol. The van der Waals surface area contributed by atoms with Gasteiger partial charge >= 0.3 is 11.9 Å². The Morgan fingerprint density at radius 3 is 1.36 bits per heavy atom. The minimum Gasteiger partial charge on any atom is -0.481 e. The summed E-state index contributed by atoms with van der Waals surface area (Å²) >= 11 is 0. The number of hydrogen-bond acceptors (Lipinski definition) is 28. The molecule has 13 fully saturated rings. The molecule has 8 saturated carbocycles. The SMILES string of the molecule is CC1(C)CCC2(C(=O)O)C(O)CC3(C)C(=CCC4C5(C)CCC(O)C(C)(C)C5CCC43C)C2C1.CC1OC(OC2CCC3(C)C(CCC4(C)C3CC=C3C5CC(C)(C)CCC5(C(=O)OC5OCC(O)C(O)C5OC5OC(C)C(OC6OC(CO)C(O)C(O)C6O)C(O)C5O)C(O)CC34C)C2(C)C)C(O)C(O)C1OC1OCC(O)C(O)C1O. The van der Waals surface area contributed by atoms with Crippen LogP contribution < -0.4 is 0 Å². The number of hydrogen-bond donors (Lipinski definition) is 17. The molecule has 10 aliphatic carbocycles. The monoisotopic (exact) mass is 1660 g/mol. The average molecular weight is 1660 g/mol. The highest BCUT2D eigenvalue weighted by atomic mass is 16.8. The Labute approximate surface area is 688 Å². The van der Waals surface area contributed by atoms with Gasteiger partial charge in [-0.1, -0.05) is 120 Å². The minimum absolute atomic E-state index is 0.0218. The summed E-state index contributed by atoms with van der Waals surface area (Å²) in [4.78, 5) is 28.2. The maximum absolute atomic E-state index is 15.4. The number of rotatable bonds is 12. The second kappa shape index (κ2) is 31.5. The molecule has 0 amide bonds. The Bertz CT molecular complexity index is 3670. The average Bonchev–Trinajstić information content (AvgIpc) is 0.674. The van der Waals surface area contributed by atoms with Gasteiger partial charge in [-0.3, -0.25) is 9.59 Å². The van der Waals surface area contributed by atoms with Crippen molar-refractivity contribution in [1.82, 2.24) is 0 Å². The first kappa shape index (κ1) is 90.7. The molecule has 41 atom stereocenters. The molecular weight excluding hydrogens is 1520 g/mol. The zero-order valence-electron chi connectivity index (χ0n) is 71.6. The Morgan fingerprint density at radius 2 is 0.838 bits per heavy atom. The van der Waals surface area contributed by atoms with Crippen LogP contribution in [0.15, 0.2) is 23.3 Å². The van der Waals surface area contributed by atoms with E-state index in [1.54, 1.807) is 6.92 Å². The largest absolute Gasteiger partial charge is 0.481 e. The lowest BCUT2D eigenvalue weighted by molar-refractivity contribution is -0.374. The zero-order chi connectivity index (χ0) is 85.7. The Hall–Kier alpha value is -2.58. The number of carbonyl (C=O) groups is 2. The van der Waals surface area contributed by atoms with Gasteiger partial charge in [0.2, 0.25) is 6.29 Å². The molecule has 117 heavy (non-hydrogen) atoms. The lowest BCUT2D eigenvalue weighted by Crippen LogP contribution is -2.68. The molecule has 0 spiro atoms. The molecule has 0 bridgehead atoms. The third kappa shape index (κ3) is 14.2. The number of aliphatic carboxylic acids is 1. The highest BCUT2D eigenvalue weighted by Gasteiger charge is 2.75. The number of aliphatic hydroxyl groups is 16. The van der Waals surface area contributed by atoms with Gasteiger partial charge in [0.15, 0.2) is 31.3 Å². The standard InChI is InChI=1S/C58H94O25.C30H48O4/c1-23-44(80-47-40(69)34(63)27(60)21-74-47)38(67)42(71)48(76-23)79-33-13-14-55(7)30(54(33,5)6)12-15-56(8)31(55)11-10-25-26-18-53(3,4)16-17-58(26,32(62)19-57(25,56)9)52(73)83-51-46(35(64)28(61)22-75-51)82-49-43(72)39(68)45(24(2)77-49)81-50-41(70)37(66)36(65)29(20-59)78-50;1-25(2)14-15-30(24(33)34)19(16-25)18-8-9-21-27(5)12-11-22(31)26(3,4)20(27)10-13-28(21,6)29(18,7)17-23(30)32/h10,23-24,26-51,59-72H,11-22H2,1-9H3;8,19-23,31-32H,9-17H2,1-7H3,(H,33,34). The third-order valence-electron chi connectivity index (χ3n) is 35.7. The molecule has 41 unspecified atom stereocenters. The summed E-state index contributed by atoms with van der Waals surface area (Å²) in [7, 11) is 0. The number of fused-ring (bicyclic) bond motifs is 14. The van der Waals surface area contributed by atoms with E-state index in [0.717, 1.165) is 69.8 Å². The number of esters is 1.